The van der Waals surface area contributed by atoms with E-state index in [0.29, 0.717) is 0 Å². The Labute approximate surface area is 142 Å². The molecule has 0 aliphatic rings. The summed E-state index contributed by atoms with van der Waals surface area (Å²) < 4.78 is 16.9. The van der Waals surface area contributed by atoms with Crippen molar-refractivity contribution in [2.75, 3.05) is 14.2 Å². The van der Waals surface area contributed by atoms with E-state index in [0.717, 1.165) is 30.1 Å². The van der Waals surface area contributed by atoms with Crippen LogP contribution in [0, 0.1) is 0 Å². The predicted molar refractivity (Wildman–Crippen MR) is 99.9 cm³/mol. The van der Waals surface area contributed by atoms with Crippen LogP contribution in [0.5, 0.6) is 11.5 Å². The van der Waals surface area contributed by atoms with E-state index < -0.39 is 8.32 Å². The Bertz CT molecular complexity index is 542. The predicted octanol–water partition coefficient (Wildman–Crippen LogP) is 5.56. The van der Waals surface area contributed by atoms with Crippen molar-refractivity contribution < 1.29 is 13.9 Å². The molecule has 0 aromatic heterocycles. The summed E-state index contributed by atoms with van der Waals surface area (Å²) in [5.41, 5.74) is 1.24. The molecule has 0 fully saturated rings. The van der Waals surface area contributed by atoms with E-state index in [1.54, 1.807) is 14.2 Å². The third-order valence-corrected chi connectivity index (χ3v) is 8.98. The summed E-state index contributed by atoms with van der Waals surface area (Å²) in [4.78, 5) is 0. The molecule has 1 rings (SSSR count). The van der Waals surface area contributed by atoms with Gasteiger partial charge in [-0.2, -0.15) is 0 Å². The number of benzene rings is 1. The maximum Gasteiger partial charge on any atom is 0.250 e. The molecule has 0 N–H and O–H groups in total. The molecule has 23 heavy (non-hydrogen) atoms. The zero-order valence-corrected chi connectivity index (χ0v) is 16.9. The highest BCUT2D eigenvalue weighted by atomic mass is 28.4. The summed E-state index contributed by atoms with van der Waals surface area (Å²) in [6, 6.07) is 6.08. The molecule has 0 aliphatic carbocycles. The molecule has 0 heterocycles. The Balaban J connectivity index is 2.65. The van der Waals surface area contributed by atoms with Crippen molar-refractivity contribution in [3.05, 3.63) is 35.6 Å². The molecule has 1 aromatic carbocycles. The number of aryl methyl sites for hydroxylation is 1. The maximum atomic E-state index is 6.28. The van der Waals surface area contributed by atoms with Crippen molar-refractivity contribution >= 4 is 8.32 Å². The van der Waals surface area contributed by atoms with Crippen LogP contribution in [0.1, 0.15) is 39.7 Å². The Morgan fingerprint density at radius 3 is 2.22 bits per heavy atom. The lowest BCUT2D eigenvalue weighted by atomic mass is 10.1. The van der Waals surface area contributed by atoms with Crippen molar-refractivity contribution in [1.82, 2.24) is 0 Å². The van der Waals surface area contributed by atoms with Gasteiger partial charge in [0.15, 0.2) is 11.5 Å². The number of rotatable bonds is 7. The maximum absolute atomic E-state index is 6.28. The summed E-state index contributed by atoms with van der Waals surface area (Å²) in [5.74, 6) is 2.59. The van der Waals surface area contributed by atoms with Crippen LogP contribution in [0.15, 0.2) is 30.0 Å². The summed E-state index contributed by atoms with van der Waals surface area (Å²) >= 11 is 0. The second kappa shape index (κ2) is 7.91. The van der Waals surface area contributed by atoms with Crippen molar-refractivity contribution in [2.24, 2.45) is 0 Å². The average Bonchev–Trinajstić information content (AvgIpc) is 2.45. The summed E-state index contributed by atoms with van der Waals surface area (Å²) in [7, 11) is 1.59. The number of hydrogen-bond acceptors (Lipinski definition) is 3. The molecule has 0 aliphatic heterocycles. The lowest BCUT2D eigenvalue weighted by Gasteiger charge is -2.36. The number of methoxy groups -OCH3 is 2. The van der Waals surface area contributed by atoms with Crippen LogP contribution in [0.2, 0.25) is 18.1 Å². The molecule has 0 spiro atoms. The SMILES string of the molecule is COc1ccc(CC/C=C(/C)O[Si](C)(C)C(C)(C)C)cc1OC. The standard InChI is InChI=1S/C19H32O3Si/c1-15(22-23(7,8)19(2,3)4)10-9-11-16-12-13-17(20-5)18(14-16)21-6/h10,12-14H,9,11H2,1-8H3/b15-10-. The van der Waals surface area contributed by atoms with E-state index in [1.807, 2.05) is 12.1 Å². The van der Waals surface area contributed by atoms with E-state index in [9.17, 15) is 0 Å². The zero-order chi connectivity index (χ0) is 17.7. The molecule has 0 unspecified atom stereocenters. The lowest BCUT2D eigenvalue weighted by Crippen LogP contribution is -2.40. The lowest BCUT2D eigenvalue weighted by molar-refractivity contribution is 0.354. The van der Waals surface area contributed by atoms with Gasteiger partial charge in [-0.15, -0.1) is 0 Å². The van der Waals surface area contributed by atoms with Gasteiger partial charge in [-0.3, -0.25) is 0 Å². The summed E-state index contributed by atoms with van der Waals surface area (Å²) in [6.45, 7) is 13.4. The molecular formula is C19H32O3Si. The van der Waals surface area contributed by atoms with Crippen LogP contribution in [0.4, 0.5) is 0 Å². The second-order valence-corrected chi connectivity index (χ2v) is 12.1. The zero-order valence-electron chi connectivity index (χ0n) is 15.9. The van der Waals surface area contributed by atoms with Crippen molar-refractivity contribution in [3.63, 3.8) is 0 Å². The minimum absolute atomic E-state index is 0.228. The third kappa shape index (κ3) is 5.61. The van der Waals surface area contributed by atoms with Crippen molar-refractivity contribution in [1.29, 1.82) is 0 Å². The van der Waals surface area contributed by atoms with Gasteiger partial charge in [0, 0.05) is 0 Å². The Hall–Kier alpha value is -1.42. The van der Waals surface area contributed by atoms with E-state index in [4.69, 9.17) is 13.9 Å². The molecule has 4 heteroatoms. The third-order valence-electron chi connectivity index (χ3n) is 4.54. The van der Waals surface area contributed by atoms with E-state index in [1.165, 1.54) is 5.56 Å². The normalized spacial score (nSPS) is 13.0. The fourth-order valence-electron chi connectivity index (χ4n) is 2.08. The van der Waals surface area contributed by atoms with E-state index >= 15 is 0 Å². The van der Waals surface area contributed by atoms with E-state index in [2.05, 4.69) is 52.9 Å². The largest absolute Gasteiger partial charge is 0.547 e. The summed E-state index contributed by atoms with van der Waals surface area (Å²) in [5, 5.41) is 0.228. The highest BCUT2D eigenvalue weighted by molar-refractivity contribution is 6.74. The van der Waals surface area contributed by atoms with Crippen LogP contribution < -0.4 is 9.47 Å². The van der Waals surface area contributed by atoms with Gasteiger partial charge >= 0.3 is 0 Å². The molecular weight excluding hydrogens is 304 g/mol. The Kier molecular flexibility index (Phi) is 6.75. The fraction of sp³-hybridized carbons (Fsp3) is 0.579. The van der Waals surface area contributed by atoms with Gasteiger partial charge in [0.25, 0.3) is 0 Å². The molecule has 3 nitrogen and oxygen atoms in total. The van der Waals surface area contributed by atoms with Crippen molar-refractivity contribution in [3.8, 4) is 11.5 Å². The quantitative estimate of drug-likeness (QED) is 0.482. The fourth-order valence-corrected chi connectivity index (χ4v) is 3.27. The van der Waals surface area contributed by atoms with Gasteiger partial charge in [0.2, 0.25) is 8.32 Å². The smallest absolute Gasteiger partial charge is 0.250 e. The van der Waals surface area contributed by atoms with Crippen LogP contribution >= 0.6 is 0 Å². The van der Waals surface area contributed by atoms with Gasteiger partial charge in [-0.25, -0.2) is 0 Å². The average molecular weight is 337 g/mol. The van der Waals surface area contributed by atoms with E-state index in [-0.39, 0.29) is 5.04 Å². The Morgan fingerprint density at radius 2 is 1.70 bits per heavy atom. The molecule has 0 amide bonds. The van der Waals surface area contributed by atoms with Crippen LogP contribution in [-0.4, -0.2) is 22.5 Å². The van der Waals surface area contributed by atoms with Gasteiger partial charge in [0.1, 0.15) is 0 Å². The number of ether oxygens (including phenoxy) is 2. The highest BCUT2D eigenvalue weighted by Gasteiger charge is 2.38. The van der Waals surface area contributed by atoms with Gasteiger partial charge in [-0.05, 0) is 61.7 Å². The first-order valence-corrected chi connectivity index (χ1v) is 11.1. The molecule has 0 radical (unpaired) electrons. The van der Waals surface area contributed by atoms with Crippen LogP contribution in [0.25, 0.3) is 0 Å². The van der Waals surface area contributed by atoms with Crippen molar-refractivity contribution in [2.45, 2.75) is 58.7 Å². The minimum Gasteiger partial charge on any atom is -0.547 e. The second-order valence-electron chi connectivity index (χ2n) is 7.41. The molecule has 0 atom stereocenters. The molecule has 130 valence electrons. The Morgan fingerprint density at radius 1 is 1.09 bits per heavy atom. The highest BCUT2D eigenvalue weighted by Crippen LogP contribution is 2.37. The van der Waals surface area contributed by atoms with Gasteiger partial charge < -0.3 is 13.9 Å². The van der Waals surface area contributed by atoms with Crippen LogP contribution in [0.3, 0.4) is 0 Å². The minimum atomic E-state index is -1.73. The first-order valence-electron chi connectivity index (χ1n) is 8.17. The summed E-state index contributed by atoms with van der Waals surface area (Å²) in [6.07, 6.45) is 4.10. The molecule has 1 aromatic rings. The first-order chi connectivity index (χ1) is 10.6. The topological polar surface area (TPSA) is 27.7 Å². The molecule has 0 bridgehead atoms. The molecule has 0 saturated heterocycles. The molecule has 0 saturated carbocycles. The first kappa shape index (κ1) is 19.6. The monoisotopic (exact) mass is 336 g/mol. The number of hydrogen-bond donors (Lipinski definition) is 0. The van der Waals surface area contributed by atoms with Gasteiger partial charge in [0.05, 0.1) is 20.0 Å². The van der Waals surface area contributed by atoms with Gasteiger partial charge in [-0.1, -0.05) is 26.8 Å². The number of allylic oxidation sites excluding steroid dienone is 2. The van der Waals surface area contributed by atoms with Crippen LogP contribution in [-0.2, 0) is 10.8 Å².